The molecule has 1 aromatic rings. The van der Waals surface area contributed by atoms with Gasteiger partial charge in [0.15, 0.2) is 5.96 Å². The third-order valence-corrected chi connectivity index (χ3v) is 7.08. The summed E-state index contributed by atoms with van der Waals surface area (Å²) in [6.07, 6.45) is 4.36. The Morgan fingerprint density at radius 1 is 1.46 bits per heavy atom. The van der Waals surface area contributed by atoms with Crippen LogP contribution in [0.2, 0.25) is 0 Å². The molecule has 1 saturated heterocycles. The minimum absolute atomic E-state index is 0. The number of ether oxygens (including phenoxy) is 1. The summed E-state index contributed by atoms with van der Waals surface area (Å²) in [4.78, 5) is 8.46. The molecule has 1 aliphatic rings. The molecule has 1 aromatic heterocycles. The highest BCUT2D eigenvalue weighted by Gasteiger charge is 2.31. The maximum absolute atomic E-state index is 5.52. The van der Waals surface area contributed by atoms with E-state index in [2.05, 4.69) is 58.5 Å². The van der Waals surface area contributed by atoms with Crippen LogP contribution in [0.5, 0.6) is 0 Å². The van der Waals surface area contributed by atoms with Crippen LogP contribution in [0.15, 0.2) is 20.9 Å². The van der Waals surface area contributed by atoms with Crippen LogP contribution in [0.3, 0.4) is 0 Å². The van der Waals surface area contributed by atoms with Crippen molar-refractivity contribution in [3.63, 3.8) is 0 Å². The van der Waals surface area contributed by atoms with Gasteiger partial charge in [-0.2, -0.15) is 11.8 Å². The molecule has 2 heterocycles. The Kier molecular flexibility index (Phi) is 10.6. The predicted octanol–water partition coefficient (Wildman–Crippen LogP) is 4.44. The van der Waals surface area contributed by atoms with Gasteiger partial charge in [0.2, 0.25) is 0 Å². The van der Waals surface area contributed by atoms with E-state index in [0.29, 0.717) is 0 Å². The van der Waals surface area contributed by atoms with E-state index in [1.807, 2.05) is 11.8 Å². The Balaban J connectivity index is 0.00000288. The number of nitrogens with zero attached hydrogens (tertiary/aromatic N) is 2. The fraction of sp³-hybridized carbons (Fsp3) is 0.688. The molecule has 138 valence electrons. The third-order valence-electron chi connectivity index (χ3n) is 4.07. The smallest absolute Gasteiger partial charge is 0.194 e. The first-order valence-electron chi connectivity index (χ1n) is 7.95. The number of aliphatic imine (C=N–C) groups is 1. The largest absolute Gasteiger partial charge is 0.381 e. The Hall–Kier alpha value is 0.490. The van der Waals surface area contributed by atoms with Crippen molar-refractivity contribution in [2.75, 3.05) is 39.6 Å². The SMILES string of the molecule is CCNC(=NCC1(SC)CCOCC1)N(C)Cc1ccc(Br)s1.I. The second-order valence-electron chi connectivity index (χ2n) is 5.73. The van der Waals surface area contributed by atoms with E-state index in [4.69, 9.17) is 9.73 Å². The topological polar surface area (TPSA) is 36.9 Å². The average Bonchev–Trinajstić information content (AvgIpc) is 2.97. The van der Waals surface area contributed by atoms with Gasteiger partial charge in [-0.1, -0.05) is 0 Å². The summed E-state index contributed by atoms with van der Waals surface area (Å²) in [6.45, 7) is 6.42. The number of thiophene rings is 1. The summed E-state index contributed by atoms with van der Waals surface area (Å²) < 4.78 is 6.92. The Bertz CT molecular complexity index is 521. The molecule has 1 fully saturated rings. The Morgan fingerprint density at radius 3 is 2.71 bits per heavy atom. The van der Waals surface area contributed by atoms with Crippen LogP contribution >= 0.6 is 63.0 Å². The molecule has 0 saturated carbocycles. The highest BCUT2D eigenvalue weighted by atomic mass is 127. The molecule has 8 heteroatoms. The lowest BCUT2D eigenvalue weighted by Gasteiger charge is -2.34. The van der Waals surface area contributed by atoms with Gasteiger partial charge in [-0.3, -0.25) is 4.99 Å². The van der Waals surface area contributed by atoms with Crippen molar-refractivity contribution in [1.82, 2.24) is 10.2 Å². The second kappa shape index (κ2) is 11.3. The van der Waals surface area contributed by atoms with Crippen molar-refractivity contribution < 1.29 is 4.74 Å². The molecule has 24 heavy (non-hydrogen) atoms. The van der Waals surface area contributed by atoms with E-state index in [1.165, 1.54) is 8.66 Å². The maximum atomic E-state index is 5.52. The number of halogens is 2. The molecule has 0 spiro atoms. The van der Waals surface area contributed by atoms with Gasteiger partial charge >= 0.3 is 0 Å². The quantitative estimate of drug-likeness (QED) is 0.324. The van der Waals surface area contributed by atoms with Crippen LogP contribution in [-0.2, 0) is 11.3 Å². The zero-order valence-electron chi connectivity index (χ0n) is 14.5. The van der Waals surface area contributed by atoms with Crippen molar-refractivity contribution in [2.45, 2.75) is 31.1 Å². The molecule has 0 atom stereocenters. The molecule has 1 aliphatic heterocycles. The molecular weight excluding hydrogens is 521 g/mol. The van der Waals surface area contributed by atoms with Crippen molar-refractivity contribution in [2.24, 2.45) is 4.99 Å². The number of guanidine groups is 1. The summed E-state index contributed by atoms with van der Waals surface area (Å²) in [5.41, 5.74) is 0. The molecule has 0 unspecified atom stereocenters. The van der Waals surface area contributed by atoms with E-state index < -0.39 is 0 Å². The maximum Gasteiger partial charge on any atom is 0.194 e. The van der Waals surface area contributed by atoms with E-state index in [9.17, 15) is 0 Å². The fourth-order valence-electron chi connectivity index (χ4n) is 2.60. The van der Waals surface area contributed by atoms with Gasteiger partial charge in [-0.15, -0.1) is 35.3 Å². The molecular formula is C16H27BrIN3OS2. The first-order chi connectivity index (χ1) is 11.1. The molecule has 0 aliphatic carbocycles. The minimum Gasteiger partial charge on any atom is -0.381 e. The number of hydrogen-bond donors (Lipinski definition) is 1. The average molecular weight is 548 g/mol. The lowest BCUT2D eigenvalue weighted by atomic mass is 9.99. The molecule has 4 nitrogen and oxygen atoms in total. The van der Waals surface area contributed by atoms with Crippen molar-refractivity contribution >= 4 is 69.0 Å². The van der Waals surface area contributed by atoms with Gasteiger partial charge < -0.3 is 15.0 Å². The molecule has 0 amide bonds. The van der Waals surface area contributed by atoms with Crippen LogP contribution in [0.4, 0.5) is 0 Å². The Labute approximate surface area is 179 Å². The minimum atomic E-state index is 0. The van der Waals surface area contributed by atoms with E-state index in [1.54, 1.807) is 11.3 Å². The molecule has 0 bridgehead atoms. The lowest BCUT2D eigenvalue weighted by molar-refractivity contribution is 0.0793. The predicted molar refractivity (Wildman–Crippen MR) is 121 cm³/mol. The second-order valence-corrected chi connectivity index (χ2v) is 9.55. The van der Waals surface area contributed by atoms with Gasteiger partial charge in [0, 0.05) is 36.4 Å². The normalized spacial score (nSPS) is 17.2. The van der Waals surface area contributed by atoms with Gasteiger partial charge in [-0.25, -0.2) is 0 Å². The summed E-state index contributed by atoms with van der Waals surface area (Å²) in [5, 5.41) is 3.42. The molecule has 2 rings (SSSR count). The lowest BCUT2D eigenvalue weighted by Crippen LogP contribution is -2.41. The summed E-state index contributed by atoms with van der Waals surface area (Å²) in [5.74, 6) is 0.983. The molecule has 0 aromatic carbocycles. The third kappa shape index (κ3) is 6.66. The fourth-order valence-corrected chi connectivity index (χ4v) is 4.91. The van der Waals surface area contributed by atoms with Crippen LogP contribution in [0, 0.1) is 0 Å². The summed E-state index contributed by atoms with van der Waals surface area (Å²) in [7, 11) is 2.10. The zero-order chi connectivity index (χ0) is 16.7. The monoisotopic (exact) mass is 547 g/mol. The van der Waals surface area contributed by atoms with Crippen LogP contribution in [-0.4, -0.2) is 55.2 Å². The van der Waals surface area contributed by atoms with Crippen LogP contribution in [0.25, 0.3) is 0 Å². The van der Waals surface area contributed by atoms with Crippen molar-refractivity contribution in [3.8, 4) is 0 Å². The number of hydrogen-bond acceptors (Lipinski definition) is 4. The van der Waals surface area contributed by atoms with Gasteiger partial charge in [-0.05, 0) is 54.1 Å². The van der Waals surface area contributed by atoms with Crippen LogP contribution < -0.4 is 5.32 Å². The highest BCUT2D eigenvalue weighted by Crippen LogP contribution is 2.34. The van der Waals surface area contributed by atoms with Gasteiger partial charge in [0.05, 0.1) is 16.9 Å². The Morgan fingerprint density at radius 2 is 2.17 bits per heavy atom. The standard InChI is InChI=1S/C16H26BrN3OS2.HI/c1-4-18-15(20(2)11-13-5-6-14(17)23-13)19-12-16(22-3)7-9-21-10-8-16;/h5-6H,4,7-12H2,1-3H3,(H,18,19);1H. The number of rotatable bonds is 6. The zero-order valence-corrected chi connectivity index (χ0v) is 20.1. The number of thioether (sulfide) groups is 1. The van der Waals surface area contributed by atoms with Crippen molar-refractivity contribution in [3.05, 3.63) is 20.8 Å². The first-order valence-corrected chi connectivity index (χ1v) is 10.8. The van der Waals surface area contributed by atoms with Crippen molar-refractivity contribution in [1.29, 1.82) is 0 Å². The van der Waals surface area contributed by atoms with Gasteiger partial charge in [0.25, 0.3) is 0 Å². The molecule has 0 radical (unpaired) electrons. The van der Waals surface area contributed by atoms with Gasteiger partial charge in [0.1, 0.15) is 0 Å². The summed E-state index contributed by atoms with van der Waals surface area (Å²) >= 11 is 7.24. The molecule has 1 N–H and O–H groups in total. The number of nitrogens with one attached hydrogen (secondary N) is 1. The van der Waals surface area contributed by atoms with Crippen LogP contribution in [0.1, 0.15) is 24.6 Å². The van der Waals surface area contributed by atoms with E-state index in [-0.39, 0.29) is 28.7 Å². The highest BCUT2D eigenvalue weighted by molar-refractivity contribution is 14.0. The summed E-state index contributed by atoms with van der Waals surface area (Å²) in [6, 6.07) is 4.26. The van der Waals surface area contributed by atoms with E-state index in [0.717, 1.165) is 51.6 Å². The first kappa shape index (κ1) is 22.5. The van der Waals surface area contributed by atoms with E-state index >= 15 is 0 Å².